The van der Waals surface area contributed by atoms with Crippen LogP contribution < -0.4 is 0 Å². The number of amides is 2. The van der Waals surface area contributed by atoms with Crippen LogP contribution >= 0.6 is 11.6 Å². The van der Waals surface area contributed by atoms with Crippen molar-refractivity contribution in [2.75, 3.05) is 32.8 Å². The molecule has 0 bridgehead atoms. The van der Waals surface area contributed by atoms with E-state index in [9.17, 15) is 14.0 Å². The lowest BCUT2D eigenvalue weighted by atomic mass is 9.67. The minimum Gasteiger partial charge on any atom is -0.381 e. The topological polar surface area (TPSA) is 49.9 Å². The van der Waals surface area contributed by atoms with Crippen LogP contribution in [0.5, 0.6) is 0 Å². The first-order valence-electron chi connectivity index (χ1n) is 10.1. The normalized spacial score (nSPS) is 24.6. The zero-order valence-corrected chi connectivity index (χ0v) is 16.7. The van der Waals surface area contributed by atoms with E-state index in [0.717, 1.165) is 51.6 Å². The number of nitrogens with zero attached hydrogens (tertiary/aromatic N) is 2. The summed E-state index contributed by atoms with van der Waals surface area (Å²) >= 11 is 6.02. The highest BCUT2D eigenvalue weighted by Crippen LogP contribution is 2.45. The van der Waals surface area contributed by atoms with Crippen molar-refractivity contribution in [1.29, 1.82) is 0 Å². The highest BCUT2D eigenvalue weighted by Gasteiger charge is 2.52. The Labute approximate surface area is 169 Å². The smallest absolute Gasteiger partial charge is 0.257 e. The molecule has 152 valence electrons. The fourth-order valence-electron chi connectivity index (χ4n) is 5.04. The third-order valence-electron chi connectivity index (χ3n) is 6.53. The Bertz CT molecular complexity index is 755. The molecule has 3 fully saturated rings. The first-order chi connectivity index (χ1) is 13.5. The van der Waals surface area contributed by atoms with Gasteiger partial charge in [0.1, 0.15) is 11.9 Å². The maximum atomic E-state index is 14.4. The zero-order chi connectivity index (χ0) is 19.7. The third-order valence-corrected chi connectivity index (χ3v) is 6.76. The predicted octanol–water partition coefficient (Wildman–Crippen LogP) is 3.50. The lowest BCUT2D eigenvalue weighted by molar-refractivity contribution is -0.147. The van der Waals surface area contributed by atoms with Crippen molar-refractivity contribution in [3.8, 4) is 0 Å². The molecule has 1 unspecified atom stereocenters. The second kappa shape index (κ2) is 7.99. The first kappa shape index (κ1) is 19.6. The molecule has 1 spiro atoms. The number of benzene rings is 1. The van der Waals surface area contributed by atoms with Crippen molar-refractivity contribution in [3.05, 3.63) is 34.6 Å². The summed E-state index contributed by atoms with van der Waals surface area (Å²) in [6, 6.07) is 3.44. The van der Waals surface area contributed by atoms with E-state index in [-0.39, 0.29) is 16.9 Å². The summed E-state index contributed by atoms with van der Waals surface area (Å²) in [6.45, 7) is 3.11. The number of likely N-dealkylation sites (tertiary alicyclic amines) is 2. The number of carbonyl (C=O) groups excluding carboxylic acids is 2. The molecule has 3 heterocycles. The summed E-state index contributed by atoms with van der Waals surface area (Å²) in [5.41, 5.74) is -0.350. The summed E-state index contributed by atoms with van der Waals surface area (Å²) in [5.74, 6) is -1.04. The number of rotatable bonds is 2. The Morgan fingerprint density at radius 3 is 2.50 bits per heavy atom. The fraction of sp³-hybridized carbons (Fsp3) is 0.619. The lowest BCUT2D eigenvalue weighted by Gasteiger charge is -2.51. The Morgan fingerprint density at radius 2 is 1.79 bits per heavy atom. The van der Waals surface area contributed by atoms with Gasteiger partial charge in [0.15, 0.2) is 0 Å². The van der Waals surface area contributed by atoms with Gasteiger partial charge in [-0.25, -0.2) is 4.39 Å². The molecule has 3 aliphatic heterocycles. The molecular formula is C21H26ClFN2O3. The quantitative estimate of drug-likeness (QED) is 0.752. The highest BCUT2D eigenvalue weighted by molar-refractivity contribution is 6.31. The number of hydrogen-bond donors (Lipinski definition) is 0. The van der Waals surface area contributed by atoms with Crippen LogP contribution in [0, 0.1) is 11.2 Å². The molecule has 4 rings (SSSR count). The van der Waals surface area contributed by atoms with Crippen LogP contribution in [0.15, 0.2) is 18.2 Å². The lowest BCUT2D eigenvalue weighted by Crippen LogP contribution is -2.62. The van der Waals surface area contributed by atoms with Gasteiger partial charge in [0.25, 0.3) is 5.91 Å². The van der Waals surface area contributed by atoms with Gasteiger partial charge in [-0.1, -0.05) is 11.6 Å². The minimum atomic E-state index is -0.603. The molecule has 28 heavy (non-hydrogen) atoms. The third kappa shape index (κ3) is 3.52. The summed E-state index contributed by atoms with van der Waals surface area (Å²) in [7, 11) is 0. The number of ether oxygens (including phenoxy) is 1. The predicted molar refractivity (Wildman–Crippen MR) is 104 cm³/mol. The summed E-state index contributed by atoms with van der Waals surface area (Å²) in [6.07, 6.45) is 5.18. The van der Waals surface area contributed by atoms with Gasteiger partial charge in [-0.3, -0.25) is 9.59 Å². The molecule has 0 saturated carbocycles. The molecule has 1 aromatic carbocycles. The van der Waals surface area contributed by atoms with Crippen LogP contribution in [-0.2, 0) is 9.53 Å². The van der Waals surface area contributed by atoms with Gasteiger partial charge in [0, 0.05) is 43.3 Å². The van der Waals surface area contributed by atoms with E-state index in [1.54, 1.807) is 4.90 Å². The molecule has 1 aromatic rings. The fourth-order valence-corrected chi connectivity index (χ4v) is 5.21. The van der Waals surface area contributed by atoms with Gasteiger partial charge < -0.3 is 14.5 Å². The number of carbonyl (C=O) groups is 2. The van der Waals surface area contributed by atoms with Crippen LogP contribution in [0.4, 0.5) is 4.39 Å². The minimum absolute atomic E-state index is 0.00915. The average molecular weight is 409 g/mol. The van der Waals surface area contributed by atoms with Gasteiger partial charge >= 0.3 is 0 Å². The second-order valence-electron chi connectivity index (χ2n) is 8.14. The van der Waals surface area contributed by atoms with Gasteiger partial charge in [0.05, 0.1) is 5.56 Å². The molecule has 1 atom stereocenters. The molecule has 3 aliphatic rings. The van der Waals surface area contributed by atoms with E-state index in [1.165, 1.54) is 18.2 Å². The highest BCUT2D eigenvalue weighted by atomic mass is 35.5. The van der Waals surface area contributed by atoms with Crippen molar-refractivity contribution in [3.63, 3.8) is 0 Å². The van der Waals surface area contributed by atoms with E-state index < -0.39 is 17.8 Å². The van der Waals surface area contributed by atoms with Crippen LogP contribution in [0.2, 0.25) is 5.02 Å². The Balaban J connectivity index is 1.71. The van der Waals surface area contributed by atoms with Crippen molar-refractivity contribution in [2.24, 2.45) is 5.41 Å². The average Bonchev–Trinajstić information content (AvgIpc) is 3.24. The molecule has 0 aromatic heterocycles. The zero-order valence-electron chi connectivity index (χ0n) is 16.0. The van der Waals surface area contributed by atoms with E-state index in [0.29, 0.717) is 24.8 Å². The molecule has 2 amide bonds. The first-order valence-corrected chi connectivity index (χ1v) is 10.5. The summed E-state index contributed by atoms with van der Waals surface area (Å²) < 4.78 is 20.0. The van der Waals surface area contributed by atoms with Crippen molar-refractivity contribution in [1.82, 2.24) is 9.80 Å². The van der Waals surface area contributed by atoms with E-state index in [1.807, 2.05) is 4.90 Å². The van der Waals surface area contributed by atoms with Gasteiger partial charge in [-0.05, 0) is 56.7 Å². The maximum absolute atomic E-state index is 14.4. The van der Waals surface area contributed by atoms with E-state index in [4.69, 9.17) is 16.3 Å². The van der Waals surface area contributed by atoms with E-state index >= 15 is 0 Å². The van der Waals surface area contributed by atoms with Gasteiger partial charge in [-0.15, -0.1) is 0 Å². The van der Waals surface area contributed by atoms with Crippen molar-refractivity contribution < 1.29 is 18.7 Å². The largest absolute Gasteiger partial charge is 0.381 e. The number of hydrogen-bond acceptors (Lipinski definition) is 3. The molecule has 0 radical (unpaired) electrons. The van der Waals surface area contributed by atoms with Crippen molar-refractivity contribution in [2.45, 2.75) is 44.6 Å². The van der Waals surface area contributed by atoms with Crippen LogP contribution in [0.3, 0.4) is 0 Å². The standard InChI is InChI=1S/C21H26ClFN2O3/c22-15-4-5-17(23)16(14-15)19(26)25-11-3-6-21(7-12-28-13-8-21)18(25)20(27)24-9-1-2-10-24/h4-5,14,18H,1-3,6-13H2. The van der Waals surface area contributed by atoms with Crippen LogP contribution in [-0.4, -0.2) is 60.5 Å². The van der Waals surface area contributed by atoms with Gasteiger partial charge in [0.2, 0.25) is 5.91 Å². The molecular weight excluding hydrogens is 383 g/mol. The number of piperidine rings is 1. The molecule has 0 N–H and O–H groups in total. The molecule has 0 aliphatic carbocycles. The Morgan fingerprint density at radius 1 is 1.07 bits per heavy atom. The summed E-state index contributed by atoms with van der Waals surface area (Å²) in [4.78, 5) is 30.4. The van der Waals surface area contributed by atoms with Crippen LogP contribution in [0.1, 0.15) is 48.9 Å². The van der Waals surface area contributed by atoms with Gasteiger partial charge in [-0.2, -0.15) is 0 Å². The summed E-state index contributed by atoms with van der Waals surface area (Å²) in [5, 5.41) is 0.310. The SMILES string of the molecule is O=C(C1N(C(=O)c2cc(Cl)ccc2F)CCCC12CCOCC2)N1CCCC1. The Kier molecular flexibility index (Phi) is 5.61. The molecule has 5 nitrogen and oxygen atoms in total. The second-order valence-corrected chi connectivity index (χ2v) is 8.57. The maximum Gasteiger partial charge on any atom is 0.257 e. The van der Waals surface area contributed by atoms with Crippen LogP contribution in [0.25, 0.3) is 0 Å². The monoisotopic (exact) mass is 408 g/mol. The Hall–Kier alpha value is -1.66. The van der Waals surface area contributed by atoms with Crippen molar-refractivity contribution >= 4 is 23.4 Å². The molecule has 3 saturated heterocycles. The van der Waals surface area contributed by atoms with E-state index in [2.05, 4.69) is 0 Å². The molecule has 7 heteroatoms. The number of halogens is 2.